The molecule has 0 aliphatic heterocycles. The second-order valence-electron chi connectivity index (χ2n) is 5.46. The van der Waals surface area contributed by atoms with Crippen LogP contribution in [-0.4, -0.2) is 25.2 Å². The third-order valence-electron chi connectivity index (χ3n) is 3.43. The van der Waals surface area contributed by atoms with Crippen molar-refractivity contribution < 1.29 is 9.53 Å². The lowest BCUT2D eigenvalue weighted by molar-refractivity contribution is 0.0500. The summed E-state index contributed by atoms with van der Waals surface area (Å²) in [5.74, 6) is -0.286. The molecular weight excluding hydrogens is 300 g/mol. The molecule has 0 aromatic heterocycles. The predicted octanol–water partition coefficient (Wildman–Crippen LogP) is 3.80. The summed E-state index contributed by atoms with van der Waals surface area (Å²) in [4.78, 5) is 11.7. The number of nitrogens with two attached hydrogens (primary N) is 1. The molecule has 22 heavy (non-hydrogen) atoms. The highest BCUT2D eigenvalue weighted by Gasteiger charge is 2.06. The first-order valence-corrected chi connectivity index (χ1v) is 7.89. The second-order valence-corrected chi connectivity index (χ2v) is 5.46. The minimum absolute atomic E-state index is 0. The van der Waals surface area contributed by atoms with E-state index >= 15 is 0 Å². The Morgan fingerprint density at radius 1 is 1.23 bits per heavy atom. The summed E-state index contributed by atoms with van der Waals surface area (Å²) >= 11 is 0. The van der Waals surface area contributed by atoms with Crippen LogP contribution in [0.25, 0.3) is 0 Å². The van der Waals surface area contributed by atoms with E-state index in [-0.39, 0.29) is 18.4 Å². The van der Waals surface area contributed by atoms with Gasteiger partial charge >= 0.3 is 5.97 Å². The van der Waals surface area contributed by atoms with Crippen LogP contribution in [0.1, 0.15) is 56.3 Å². The maximum Gasteiger partial charge on any atom is 0.338 e. The van der Waals surface area contributed by atoms with Crippen molar-refractivity contribution in [1.82, 2.24) is 5.32 Å². The SMILES string of the molecule is CCCCCC(C)NCCCOC(=O)c1ccc(N)cc1.Cl. The van der Waals surface area contributed by atoms with E-state index in [1.54, 1.807) is 24.3 Å². The zero-order valence-corrected chi connectivity index (χ0v) is 14.5. The van der Waals surface area contributed by atoms with Crippen molar-refractivity contribution >= 4 is 24.1 Å². The lowest BCUT2D eigenvalue weighted by Crippen LogP contribution is -2.27. The Bertz CT molecular complexity index is 410. The number of ether oxygens (including phenoxy) is 1. The highest BCUT2D eigenvalue weighted by Crippen LogP contribution is 2.07. The number of nitrogens with one attached hydrogen (secondary N) is 1. The average Bonchev–Trinajstić information content (AvgIpc) is 2.47. The highest BCUT2D eigenvalue weighted by atomic mass is 35.5. The van der Waals surface area contributed by atoms with Crippen LogP contribution in [0, 0.1) is 0 Å². The Labute approximate surface area is 140 Å². The molecule has 0 amide bonds. The van der Waals surface area contributed by atoms with Crippen LogP contribution in [0.4, 0.5) is 5.69 Å². The van der Waals surface area contributed by atoms with Crippen molar-refractivity contribution in [3.05, 3.63) is 29.8 Å². The van der Waals surface area contributed by atoms with Gasteiger partial charge in [-0.05, 0) is 50.6 Å². The Morgan fingerprint density at radius 3 is 2.55 bits per heavy atom. The quantitative estimate of drug-likeness (QED) is 0.389. The van der Waals surface area contributed by atoms with Crippen LogP contribution in [-0.2, 0) is 4.74 Å². The fraction of sp³-hybridized carbons (Fsp3) is 0.588. The average molecular weight is 329 g/mol. The Morgan fingerprint density at radius 2 is 1.91 bits per heavy atom. The van der Waals surface area contributed by atoms with E-state index in [1.165, 1.54) is 25.7 Å². The minimum Gasteiger partial charge on any atom is -0.462 e. The highest BCUT2D eigenvalue weighted by molar-refractivity contribution is 5.89. The van der Waals surface area contributed by atoms with E-state index in [0.717, 1.165) is 13.0 Å². The van der Waals surface area contributed by atoms with Gasteiger partial charge in [-0.3, -0.25) is 0 Å². The molecule has 3 N–H and O–H groups in total. The van der Waals surface area contributed by atoms with Crippen molar-refractivity contribution in [2.75, 3.05) is 18.9 Å². The van der Waals surface area contributed by atoms with Crippen LogP contribution in [0.2, 0.25) is 0 Å². The molecule has 1 aromatic rings. The number of hydrogen-bond donors (Lipinski definition) is 2. The zero-order valence-electron chi connectivity index (χ0n) is 13.6. The van der Waals surface area contributed by atoms with Crippen LogP contribution < -0.4 is 11.1 Å². The number of nitrogen functional groups attached to an aromatic ring is 1. The number of unbranched alkanes of at least 4 members (excludes halogenated alkanes) is 2. The van der Waals surface area contributed by atoms with E-state index in [1.807, 2.05) is 0 Å². The van der Waals surface area contributed by atoms with Crippen LogP contribution in [0.3, 0.4) is 0 Å². The van der Waals surface area contributed by atoms with Crippen molar-refractivity contribution in [2.45, 2.75) is 52.0 Å². The summed E-state index contributed by atoms with van der Waals surface area (Å²) in [6, 6.07) is 7.31. The summed E-state index contributed by atoms with van der Waals surface area (Å²) < 4.78 is 5.23. The first-order chi connectivity index (χ1) is 10.1. The van der Waals surface area contributed by atoms with Crippen LogP contribution >= 0.6 is 12.4 Å². The number of esters is 1. The monoisotopic (exact) mass is 328 g/mol. The molecule has 0 spiro atoms. The van der Waals surface area contributed by atoms with Gasteiger partial charge in [0.2, 0.25) is 0 Å². The molecule has 0 saturated heterocycles. The van der Waals surface area contributed by atoms with Gasteiger partial charge in [0.25, 0.3) is 0 Å². The van der Waals surface area contributed by atoms with E-state index in [2.05, 4.69) is 19.2 Å². The number of anilines is 1. The number of benzene rings is 1. The van der Waals surface area contributed by atoms with Gasteiger partial charge in [0.15, 0.2) is 0 Å². The Balaban J connectivity index is 0.00000441. The summed E-state index contributed by atoms with van der Waals surface area (Å²) in [7, 11) is 0. The smallest absolute Gasteiger partial charge is 0.338 e. The molecule has 1 aromatic carbocycles. The van der Waals surface area contributed by atoms with Crippen molar-refractivity contribution in [1.29, 1.82) is 0 Å². The fourth-order valence-corrected chi connectivity index (χ4v) is 2.09. The van der Waals surface area contributed by atoms with Gasteiger partial charge in [0.1, 0.15) is 0 Å². The number of halogens is 1. The lowest BCUT2D eigenvalue weighted by atomic mass is 10.1. The molecule has 4 nitrogen and oxygen atoms in total. The van der Waals surface area contributed by atoms with Gasteiger partial charge in [0, 0.05) is 11.7 Å². The third-order valence-corrected chi connectivity index (χ3v) is 3.43. The largest absolute Gasteiger partial charge is 0.462 e. The Hall–Kier alpha value is -1.26. The topological polar surface area (TPSA) is 64.3 Å². The van der Waals surface area contributed by atoms with Gasteiger partial charge in [-0.25, -0.2) is 4.79 Å². The summed E-state index contributed by atoms with van der Waals surface area (Å²) in [5.41, 5.74) is 6.77. The van der Waals surface area contributed by atoms with Crippen molar-refractivity contribution in [2.24, 2.45) is 0 Å². The maximum absolute atomic E-state index is 11.7. The van der Waals surface area contributed by atoms with E-state index in [9.17, 15) is 4.79 Å². The lowest BCUT2D eigenvalue weighted by Gasteiger charge is -2.13. The van der Waals surface area contributed by atoms with Gasteiger partial charge in [0.05, 0.1) is 12.2 Å². The maximum atomic E-state index is 11.7. The number of carbonyl (C=O) groups is 1. The van der Waals surface area contributed by atoms with E-state index in [4.69, 9.17) is 10.5 Å². The van der Waals surface area contributed by atoms with Gasteiger partial charge in [-0.2, -0.15) is 0 Å². The number of carbonyl (C=O) groups excluding carboxylic acids is 1. The van der Waals surface area contributed by atoms with E-state index in [0.29, 0.717) is 23.9 Å². The molecule has 0 saturated carbocycles. The molecule has 1 rings (SSSR count). The van der Waals surface area contributed by atoms with Gasteiger partial charge < -0.3 is 15.8 Å². The first-order valence-electron chi connectivity index (χ1n) is 7.89. The molecule has 1 unspecified atom stereocenters. The molecule has 1 atom stereocenters. The zero-order chi connectivity index (χ0) is 15.5. The molecule has 126 valence electrons. The normalized spacial score (nSPS) is 11.5. The van der Waals surface area contributed by atoms with Crippen molar-refractivity contribution in [3.8, 4) is 0 Å². The summed E-state index contributed by atoms with van der Waals surface area (Å²) in [6.07, 6.45) is 5.87. The number of hydrogen-bond acceptors (Lipinski definition) is 4. The fourth-order valence-electron chi connectivity index (χ4n) is 2.09. The molecule has 0 radical (unpaired) electrons. The summed E-state index contributed by atoms with van der Waals surface area (Å²) in [6.45, 7) is 5.74. The van der Waals surface area contributed by atoms with Crippen LogP contribution in [0.15, 0.2) is 24.3 Å². The number of rotatable bonds is 10. The van der Waals surface area contributed by atoms with E-state index < -0.39 is 0 Å². The van der Waals surface area contributed by atoms with Gasteiger partial charge in [-0.15, -0.1) is 12.4 Å². The third kappa shape index (κ3) is 8.90. The van der Waals surface area contributed by atoms with Crippen LogP contribution in [0.5, 0.6) is 0 Å². The molecule has 0 aliphatic rings. The second kappa shape index (κ2) is 12.3. The predicted molar refractivity (Wildman–Crippen MR) is 94.6 cm³/mol. The van der Waals surface area contributed by atoms with Gasteiger partial charge in [-0.1, -0.05) is 26.2 Å². The minimum atomic E-state index is -0.286. The Kier molecular flexibility index (Phi) is 11.6. The molecule has 0 fully saturated rings. The standard InChI is InChI=1S/C17H28N2O2.ClH/c1-3-4-5-7-14(2)19-12-6-13-21-17(20)15-8-10-16(18)11-9-15;/h8-11,14,19H,3-7,12-13,18H2,1-2H3;1H. The molecule has 0 bridgehead atoms. The van der Waals surface area contributed by atoms with Crippen molar-refractivity contribution in [3.63, 3.8) is 0 Å². The molecule has 5 heteroatoms. The molecule has 0 aliphatic carbocycles. The first kappa shape index (κ1) is 20.7. The summed E-state index contributed by atoms with van der Waals surface area (Å²) in [5, 5.41) is 3.45. The molecule has 0 heterocycles. The molecular formula is C17H29ClN2O2.